The Balaban J connectivity index is 1.72. The molecule has 1 saturated heterocycles. The van der Waals surface area contributed by atoms with E-state index in [-0.39, 0.29) is 12.3 Å². The molecule has 7 nitrogen and oxygen atoms in total. The molecule has 8 heteroatoms. The van der Waals surface area contributed by atoms with Gasteiger partial charge in [0.2, 0.25) is 5.76 Å². The number of benzene rings is 1. The Morgan fingerprint density at radius 1 is 1.39 bits per heavy atom. The van der Waals surface area contributed by atoms with Crippen LogP contribution >= 0.6 is 11.6 Å². The normalized spacial score (nSPS) is 15.6. The van der Waals surface area contributed by atoms with Gasteiger partial charge in [-0.05, 0) is 31.2 Å². The van der Waals surface area contributed by atoms with Crippen LogP contribution in [0, 0.1) is 0 Å². The summed E-state index contributed by atoms with van der Waals surface area (Å²) < 4.78 is 10.5. The molecule has 0 aliphatic carbocycles. The summed E-state index contributed by atoms with van der Waals surface area (Å²) in [5, 5.41) is 3.68. The van der Waals surface area contributed by atoms with Gasteiger partial charge in [-0.3, -0.25) is 9.69 Å². The number of nitrogens with zero attached hydrogens (tertiary/aromatic N) is 1. The Kier molecular flexibility index (Phi) is 3.96. The molecule has 1 unspecified atom stereocenters. The van der Waals surface area contributed by atoms with E-state index in [0.717, 1.165) is 4.90 Å². The second-order valence-electron chi connectivity index (χ2n) is 5.06. The fourth-order valence-corrected chi connectivity index (χ4v) is 2.47. The van der Waals surface area contributed by atoms with Crippen LogP contribution < -0.4 is 5.32 Å². The topological polar surface area (TPSA) is 88.8 Å². The molecule has 0 spiro atoms. The van der Waals surface area contributed by atoms with Crippen LogP contribution in [0.5, 0.6) is 0 Å². The monoisotopic (exact) mass is 336 g/mol. The van der Waals surface area contributed by atoms with Crippen molar-refractivity contribution < 1.29 is 23.5 Å². The third-order valence-corrected chi connectivity index (χ3v) is 3.67. The molecule has 1 aromatic carbocycles. The molecule has 2 aromatic rings. The maximum absolute atomic E-state index is 12.1. The zero-order chi connectivity index (χ0) is 16.6. The number of esters is 1. The molecular formula is C15H13ClN2O5. The van der Waals surface area contributed by atoms with E-state index in [2.05, 4.69) is 5.32 Å². The molecule has 120 valence electrons. The van der Waals surface area contributed by atoms with Crippen molar-refractivity contribution >= 4 is 40.5 Å². The van der Waals surface area contributed by atoms with Gasteiger partial charge in [-0.2, -0.15) is 0 Å². The summed E-state index contributed by atoms with van der Waals surface area (Å²) >= 11 is 5.87. The van der Waals surface area contributed by atoms with Crippen LogP contribution in [-0.2, 0) is 9.53 Å². The van der Waals surface area contributed by atoms with Gasteiger partial charge in [0.05, 0.1) is 0 Å². The lowest BCUT2D eigenvalue weighted by Crippen LogP contribution is -2.41. The summed E-state index contributed by atoms with van der Waals surface area (Å²) in [5.74, 6) is -1.39. The number of carbonyl (C=O) groups excluding carboxylic acids is 3. The lowest BCUT2D eigenvalue weighted by molar-refractivity contribution is -0.136. The Bertz CT molecular complexity index is 800. The van der Waals surface area contributed by atoms with Crippen LogP contribution in [-0.4, -0.2) is 42.0 Å². The number of hydrogen-bond donors (Lipinski definition) is 1. The van der Waals surface area contributed by atoms with E-state index in [1.165, 1.54) is 13.0 Å². The number of rotatable bonds is 3. The van der Waals surface area contributed by atoms with Gasteiger partial charge in [-0.25, -0.2) is 9.59 Å². The number of urea groups is 1. The molecular weight excluding hydrogens is 324 g/mol. The van der Waals surface area contributed by atoms with Crippen molar-refractivity contribution in [2.75, 3.05) is 13.1 Å². The van der Waals surface area contributed by atoms with E-state index in [9.17, 15) is 14.4 Å². The molecule has 1 N–H and O–H groups in total. The second kappa shape index (κ2) is 5.92. The molecule has 23 heavy (non-hydrogen) atoms. The lowest BCUT2D eigenvalue weighted by Gasteiger charge is -2.17. The van der Waals surface area contributed by atoms with Gasteiger partial charge in [0.15, 0.2) is 6.10 Å². The third kappa shape index (κ3) is 3.00. The van der Waals surface area contributed by atoms with E-state index >= 15 is 0 Å². The first kappa shape index (κ1) is 15.4. The molecule has 1 aliphatic heterocycles. The zero-order valence-corrected chi connectivity index (χ0v) is 12.9. The number of halogens is 1. The van der Waals surface area contributed by atoms with Crippen LogP contribution in [0.1, 0.15) is 17.5 Å². The fraction of sp³-hybridized carbons (Fsp3) is 0.267. The number of furan rings is 1. The van der Waals surface area contributed by atoms with Crippen molar-refractivity contribution in [2.45, 2.75) is 13.0 Å². The summed E-state index contributed by atoms with van der Waals surface area (Å²) in [7, 11) is 0. The average molecular weight is 337 g/mol. The van der Waals surface area contributed by atoms with Crippen molar-refractivity contribution in [1.82, 2.24) is 10.2 Å². The van der Waals surface area contributed by atoms with Gasteiger partial charge >= 0.3 is 12.0 Å². The van der Waals surface area contributed by atoms with Gasteiger partial charge in [0.1, 0.15) is 5.58 Å². The first-order valence-corrected chi connectivity index (χ1v) is 7.33. The minimum Gasteiger partial charge on any atom is -0.449 e. The first-order valence-electron chi connectivity index (χ1n) is 6.95. The minimum atomic E-state index is -1.09. The Hall–Kier alpha value is -2.54. The third-order valence-electron chi connectivity index (χ3n) is 3.43. The Morgan fingerprint density at radius 3 is 2.87 bits per heavy atom. The predicted octanol–water partition coefficient (Wildman–Crippen LogP) is 2.18. The summed E-state index contributed by atoms with van der Waals surface area (Å²) in [5.41, 5.74) is 0.485. The molecule has 0 saturated carbocycles. The molecule has 1 aliphatic rings. The van der Waals surface area contributed by atoms with Gasteiger partial charge in [0, 0.05) is 23.5 Å². The van der Waals surface area contributed by atoms with Crippen LogP contribution in [0.4, 0.5) is 4.79 Å². The maximum Gasteiger partial charge on any atom is 0.375 e. The Morgan fingerprint density at radius 2 is 2.17 bits per heavy atom. The highest BCUT2D eigenvalue weighted by Crippen LogP contribution is 2.23. The van der Waals surface area contributed by atoms with Gasteiger partial charge < -0.3 is 14.5 Å². The minimum absolute atomic E-state index is 0.0345. The van der Waals surface area contributed by atoms with Crippen LogP contribution in [0.3, 0.4) is 0 Å². The number of amides is 3. The standard InChI is InChI=1S/C15H13ClN2O5/c1-8(13(19)18-5-4-17-15(18)21)22-14(20)12-7-9-6-10(16)2-3-11(9)23-12/h2-3,6-8H,4-5H2,1H3,(H,17,21). The summed E-state index contributed by atoms with van der Waals surface area (Å²) in [4.78, 5) is 36.6. The van der Waals surface area contributed by atoms with E-state index in [1.54, 1.807) is 18.2 Å². The van der Waals surface area contributed by atoms with Crippen molar-refractivity contribution in [2.24, 2.45) is 0 Å². The molecule has 3 rings (SSSR count). The van der Waals surface area contributed by atoms with Gasteiger partial charge in [0.25, 0.3) is 5.91 Å². The highest BCUT2D eigenvalue weighted by Gasteiger charge is 2.32. The predicted molar refractivity (Wildman–Crippen MR) is 81.2 cm³/mol. The van der Waals surface area contributed by atoms with Crippen molar-refractivity contribution in [1.29, 1.82) is 0 Å². The number of fused-ring (bicyclic) bond motifs is 1. The summed E-state index contributed by atoms with van der Waals surface area (Å²) in [6.45, 7) is 2.05. The SMILES string of the molecule is CC(OC(=O)c1cc2cc(Cl)ccc2o1)C(=O)N1CCNC1=O. The average Bonchev–Trinajstić information content (AvgIpc) is 3.11. The summed E-state index contributed by atoms with van der Waals surface area (Å²) in [6.07, 6.45) is -1.09. The number of hydrogen-bond acceptors (Lipinski definition) is 5. The fourth-order valence-electron chi connectivity index (χ4n) is 2.29. The number of carbonyl (C=O) groups is 3. The molecule has 1 atom stereocenters. The lowest BCUT2D eigenvalue weighted by atomic mass is 10.2. The van der Waals surface area contributed by atoms with Crippen LogP contribution in [0.2, 0.25) is 5.02 Å². The van der Waals surface area contributed by atoms with E-state index < -0.39 is 24.0 Å². The maximum atomic E-state index is 12.1. The van der Waals surface area contributed by atoms with Crippen LogP contribution in [0.15, 0.2) is 28.7 Å². The molecule has 2 heterocycles. The summed E-state index contributed by atoms with van der Waals surface area (Å²) in [6, 6.07) is 5.93. The molecule has 0 bridgehead atoms. The quantitative estimate of drug-likeness (QED) is 0.868. The van der Waals surface area contributed by atoms with Crippen LogP contribution in [0.25, 0.3) is 11.0 Å². The first-order chi connectivity index (χ1) is 11.0. The van der Waals surface area contributed by atoms with Crippen molar-refractivity contribution in [3.8, 4) is 0 Å². The largest absolute Gasteiger partial charge is 0.449 e. The van der Waals surface area contributed by atoms with Crippen molar-refractivity contribution in [3.05, 3.63) is 35.0 Å². The smallest absolute Gasteiger partial charge is 0.375 e. The number of nitrogens with one attached hydrogen (secondary N) is 1. The highest BCUT2D eigenvalue weighted by atomic mass is 35.5. The molecule has 1 aromatic heterocycles. The van der Waals surface area contributed by atoms with Crippen molar-refractivity contribution in [3.63, 3.8) is 0 Å². The van der Waals surface area contributed by atoms with Gasteiger partial charge in [-0.15, -0.1) is 0 Å². The van der Waals surface area contributed by atoms with E-state index in [0.29, 0.717) is 22.5 Å². The number of imide groups is 1. The van der Waals surface area contributed by atoms with E-state index in [4.69, 9.17) is 20.8 Å². The Labute approximate surface area is 136 Å². The number of ether oxygens (including phenoxy) is 1. The molecule has 3 amide bonds. The van der Waals surface area contributed by atoms with E-state index in [1.807, 2.05) is 0 Å². The highest BCUT2D eigenvalue weighted by molar-refractivity contribution is 6.31. The molecule has 0 radical (unpaired) electrons. The zero-order valence-electron chi connectivity index (χ0n) is 12.2. The molecule has 1 fully saturated rings. The second-order valence-corrected chi connectivity index (χ2v) is 5.50. The van der Waals surface area contributed by atoms with Gasteiger partial charge in [-0.1, -0.05) is 11.6 Å².